The first-order chi connectivity index (χ1) is 9.06. The van der Waals surface area contributed by atoms with E-state index in [0.717, 1.165) is 11.7 Å². The molecule has 0 aliphatic rings. The van der Waals surface area contributed by atoms with Crippen LogP contribution in [0.4, 0.5) is 11.8 Å². The lowest BCUT2D eigenvalue weighted by Crippen LogP contribution is -2.14. The minimum Gasteiger partial charge on any atom is -0.383 e. The zero-order valence-electron chi connectivity index (χ0n) is 9.58. The first-order valence-electron chi connectivity index (χ1n) is 5.33. The number of H-pyrrole nitrogens is 2. The smallest absolute Gasteiger partial charge is 0.269 e. The Morgan fingerprint density at radius 1 is 1.26 bits per heavy atom. The van der Waals surface area contributed by atoms with E-state index in [1.54, 1.807) is 12.1 Å². The van der Waals surface area contributed by atoms with Crippen LogP contribution in [0, 0.1) is 0 Å². The lowest BCUT2D eigenvalue weighted by Gasteiger charge is -2.02. The summed E-state index contributed by atoms with van der Waals surface area (Å²) >= 11 is 0. The molecule has 0 atom stereocenters. The molecule has 0 bridgehead atoms. The fourth-order valence-corrected chi connectivity index (χ4v) is 2.67. The second-order valence-electron chi connectivity index (χ2n) is 3.86. The van der Waals surface area contributed by atoms with Crippen molar-refractivity contribution in [3.05, 3.63) is 30.5 Å². The molecule has 0 saturated carbocycles. The summed E-state index contributed by atoms with van der Waals surface area (Å²) < 4.78 is 26.4. The van der Waals surface area contributed by atoms with Crippen molar-refractivity contribution < 1.29 is 8.42 Å². The Kier molecular flexibility index (Phi) is 2.42. The second kappa shape index (κ2) is 3.99. The summed E-state index contributed by atoms with van der Waals surface area (Å²) in [4.78, 5) is 6.86. The molecule has 0 aliphatic heterocycles. The van der Waals surface area contributed by atoms with Crippen molar-refractivity contribution in [3.8, 4) is 0 Å². The van der Waals surface area contributed by atoms with E-state index in [2.05, 4.69) is 24.9 Å². The van der Waals surface area contributed by atoms with E-state index in [-0.39, 0.29) is 16.7 Å². The third-order valence-corrected chi connectivity index (χ3v) is 3.91. The molecule has 19 heavy (non-hydrogen) atoms. The maximum absolute atomic E-state index is 12.0. The summed E-state index contributed by atoms with van der Waals surface area (Å²) in [7, 11) is -3.81. The first kappa shape index (κ1) is 11.5. The molecule has 0 fully saturated rings. The van der Waals surface area contributed by atoms with Gasteiger partial charge in [0.25, 0.3) is 10.0 Å². The van der Waals surface area contributed by atoms with Crippen LogP contribution in [0.3, 0.4) is 0 Å². The highest BCUT2D eigenvalue weighted by atomic mass is 32.2. The van der Waals surface area contributed by atoms with E-state index in [9.17, 15) is 8.42 Å². The number of hydrogen-bond acceptors (Lipinski definition) is 5. The lowest BCUT2D eigenvalue weighted by molar-refractivity contribution is 0.601. The van der Waals surface area contributed by atoms with Crippen LogP contribution in [0.1, 0.15) is 0 Å². The summed E-state index contributed by atoms with van der Waals surface area (Å²) in [5.74, 6) is 0.102. The Balaban J connectivity index is 1.99. The Bertz CT molecular complexity index is 801. The molecule has 0 amide bonds. The van der Waals surface area contributed by atoms with E-state index in [0.29, 0.717) is 5.52 Å². The van der Waals surface area contributed by atoms with E-state index >= 15 is 0 Å². The van der Waals surface area contributed by atoms with Gasteiger partial charge in [0.2, 0.25) is 5.95 Å². The Labute approximate surface area is 108 Å². The van der Waals surface area contributed by atoms with Crippen molar-refractivity contribution in [2.24, 2.45) is 0 Å². The van der Waals surface area contributed by atoms with Crippen LogP contribution in [-0.2, 0) is 10.0 Å². The zero-order valence-corrected chi connectivity index (χ0v) is 10.4. The summed E-state index contributed by atoms with van der Waals surface area (Å²) in [6.45, 7) is 0. The van der Waals surface area contributed by atoms with Gasteiger partial charge in [-0.15, -0.1) is 0 Å². The normalized spacial score (nSPS) is 11.8. The second-order valence-corrected chi connectivity index (χ2v) is 5.51. The Morgan fingerprint density at radius 3 is 2.74 bits per heavy atom. The van der Waals surface area contributed by atoms with Crippen molar-refractivity contribution >= 4 is 32.8 Å². The number of aromatic nitrogens is 4. The van der Waals surface area contributed by atoms with E-state index in [4.69, 9.17) is 5.73 Å². The average Bonchev–Trinajstić information content (AvgIpc) is 2.93. The Morgan fingerprint density at radius 2 is 2.05 bits per heavy atom. The summed E-state index contributed by atoms with van der Waals surface area (Å²) in [5.41, 5.74) is 6.89. The summed E-state index contributed by atoms with van der Waals surface area (Å²) in [6, 6.07) is 7.21. The van der Waals surface area contributed by atoms with Gasteiger partial charge in [0.15, 0.2) is 0 Å². The number of anilines is 2. The Hall–Kier alpha value is -2.55. The molecule has 0 radical (unpaired) electrons. The van der Waals surface area contributed by atoms with Gasteiger partial charge < -0.3 is 10.7 Å². The van der Waals surface area contributed by atoms with Gasteiger partial charge in [0.05, 0.1) is 17.2 Å². The van der Waals surface area contributed by atoms with Gasteiger partial charge in [-0.2, -0.15) is 5.10 Å². The third kappa shape index (κ3) is 1.99. The highest BCUT2D eigenvalue weighted by molar-refractivity contribution is 7.92. The van der Waals surface area contributed by atoms with Gasteiger partial charge in [-0.1, -0.05) is 12.1 Å². The number of nitrogens with two attached hydrogens (primary N) is 1. The molecule has 0 aliphatic carbocycles. The third-order valence-electron chi connectivity index (χ3n) is 2.54. The van der Waals surface area contributed by atoms with Crippen LogP contribution in [0.2, 0.25) is 0 Å². The minimum atomic E-state index is -3.81. The molecule has 3 rings (SSSR count). The fraction of sp³-hybridized carbons (Fsp3) is 0. The van der Waals surface area contributed by atoms with Crippen molar-refractivity contribution in [3.63, 3.8) is 0 Å². The van der Waals surface area contributed by atoms with Crippen LogP contribution in [0.25, 0.3) is 11.0 Å². The lowest BCUT2D eigenvalue weighted by atomic mass is 10.3. The molecule has 9 heteroatoms. The number of aromatic amines is 2. The monoisotopic (exact) mass is 278 g/mol. The van der Waals surface area contributed by atoms with Gasteiger partial charge in [-0.25, -0.2) is 18.1 Å². The molecular formula is C10H10N6O2S. The summed E-state index contributed by atoms with van der Waals surface area (Å²) in [5, 5.41) is 5.94. The van der Waals surface area contributed by atoms with Crippen LogP contribution in [0.5, 0.6) is 0 Å². The molecule has 0 unspecified atom stereocenters. The highest BCUT2D eigenvalue weighted by Crippen LogP contribution is 2.19. The number of nitrogens with one attached hydrogen (secondary N) is 3. The van der Waals surface area contributed by atoms with Gasteiger partial charge in [0, 0.05) is 0 Å². The standard InChI is InChI=1S/C10H10N6O2S/c11-9-8(5-12-15-9)19(17,18)16-10-13-6-3-1-2-4-7(6)14-10/h1-5H,(H3,11,12,15)(H2,13,14,16). The highest BCUT2D eigenvalue weighted by Gasteiger charge is 2.20. The predicted molar refractivity (Wildman–Crippen MR) is 69.9 cm³/mol. The maximum Gasteiger partial charge on any atom is 0.269 e. The van der Waals surface area contributed by atoms with Crippen LogP contribution in [-0.4, -0.2) is 28.6 Å². The minimum absolute atomic E-state index is 0.0244. The number of nitrogens with zero attached hydrogens (tertiary/aromatic N) is 2. The molecule has 5 N–H and O–H groups in total. The van der Waals surface area contributed by atoms with Crippen molar-refractivity contribution in [1.82, 2.24) is 20.2 Å². The number of rotatable bonds is 3. The molecule has 3 aromatic rings. The van der Waals surface area contributed by atoms with Gasteiger partial charge in [-0.05, 0) is 12.1 Å². The van der Waals surface area contributed by atoms with Crippen LogP contribution < -0.4 is 10.5 Å². The van der Waals surface area contributed by atoms with E-state index < -0.39 is 10.0 Å². The number of benzene rings is 1. The predicted octanol–water partition coefficient (Wildman–Crippen LogP) is 0.669. The quantitative estimate of drug-likeness (QED) is 0.559. The molecule has 8 nitrogen and oxygen atoms in total. The SMILES string of the molecule is Nc1[nH]ncc1S(=O)(=O)Nc1nc2ccccc2[nH]1. The summed E-state index contributed by atoms with van der Waals surface area (Å²) in [6.07, 6.45) is 1.14. The molecule has 1 aromatic carbocycles. The number of sulfonamides is 1. The van der Waals surface area contributed by atoms with Crippen LogP contribution in [0.15, 0.2) is 35.4 Å². The largest absolute Gasteiger partial charge is 0.383 e. The topological polar surface area (TPSA) is 130 Å². The van der Waals surface area contributed by atoms with Crippen molar-refractivity contribution in [1.29, 1.82) is 0 Å². The number of hydrogen-bond donors (Lipinski definition) is 4. The number of imidazole rings is 1. The average molecular weight is 278 g/mol. The molecule has 2 aromatic heterocycles. The molecule has 0 saturated heterocycles. The number of para-hydroxylation sites is 2. The molecular weight excluding hydrogens is 268 g/mol. The van der Waals surface area contributed by atoms with Crippen molar-refractivity contribution in [2.75, 3.05) is 10.5 Å². The molecule has 98 valence electrons. The molecule has 2 heterocycles. The molecule has 0 spiro atoms. The van der Waals surface area contributed by atoms with Gasteiger partial charge >= 0.3 is 0 Å². The fourth-order valence-electron chi connectivity index (χ4n) is 1.68. The van der Waals surface area contributed by atoms with Gasteiger partial charge in [0.1, 0.15) is 10.7 Å². The zero-order chi connectivity index (χ0) is 13.5. The van der Waals surface area contributed by atoms with E-state index in [1.807, 2.05) is 12.1 Å². The van der Waals surface area contributed by atoms with Crippen LogP contribution >= 0.6 is 0 Å². The number of nitrogen functional groups attached to an aromatic ring is 1. The van der Waals surface area contributed by atoms with E-state index in [1.165, 1.54) is 0 Å². The first-order valence-corrected chi connectivity index (χ1v) is 6.81. The maximum atomic E-state index is 12.0. The van der Waals surface area contributed by atoms with Gasteiger partial charge in [-0.3, -0.25) is 5.10 Å². The number of fused-ring (bicyclic) bond motifs is 1. The van der Waals surface area contributed by atoms with Crippen molar-refractivity contribution in [2.45, 2.75) is 4.90 Å².